The summed E-state index contributed by atoms with van der Waals surface area (Å²) in [5, 5.41) is 2.26. The SMILES string of the molecule is CC1(C)CCC(CN2C3CC2CN(C(=O)c2cc4c(cc2F)C(=O)N(C2CCC(=O)NC2=O)C4)C3)=C(c2ccc(F)cc2)C1. The molecular formula is C34H36F2N4O4. The van der Waals surface area contributed by atoms with Gasteiger partial charge in [-0.25, -0.2) is 8.78 Å². The summed E-state index contributed by atoms with van der Waals surface area (Å²) < 4.78 is 29.0. The Labute approximate surface area is 255 Å². The van der Waals surface area contributed by atoms with Crippen molar-refractivity contribution in [3.05, 3.63) is 75.9 Å². The van der Waals surface area contributed by atoms with Gasteiger partial charge in [-0.2, -0.15) is 0 Å². The number of benzene rings is 2. The van der Waals surface area contributed by atoms with Gasteiger partial charge in [-0.15, -0.1) is 0 Å². The second-order valence-electron chi connectivity index (χ2n) is 13.7. The van der Waals surface area contributed by atoms with Gasteiger partial charge in [0.2, 0.25) is 11.8 Å². The monoisotopic (exact) mass is 602 g/mol. The van der Waals surface area contributed by atoms with Gasteiger partial charge in [0, 0.05) is 50.2 Å². The Hall–Kier alpha value is -3.92. The molecule has 0 radical (unpaired) electrons. The quantitative estimate of drug-likeness (QED) is 0.516. The van der Waals surface area contributed by atoms with Gasteiger partial charge in [-0.1, -0.05) is 31.6 Å². The fraction of sp³-hybridized carbons (Fsp3) is 0.471. The predicted octanol–water partition coefficient (Wildman–Crippen LogP) is 4.29. The number of carbonyl (C=O) groups excluding carboxylic acids is 4. The number of fused-ring (bicyclic) bond motifs is 3. The number of halogens is 2. The summed E-state index contributed by atoms with van der Waals surface area (Å²) in [6.07, 6.45) is 4.33. The zero-order valence-corrected chi connectivity index (χ0v) is 25.0. The van der Waals surface area contributed by atoms with Crippen LogP contribution in [0, 0.1) is 17.0 Å². The highest BCUT2D eigenvalue weighted by molar-refractivity contribution is 6.06. The molecule has 1 N–H and O–H groups in total. The van der Waals surface area contributed by atoms with Crippen molar-refractivity contribution in [3.8, 4) is 0 Å². The number of amides is 4. The van der Waals surface area contributed by atoms with Crippen LogP contribution in [-0.4, -0.2) is 76.1 Å². The average molecular weight is 603 g/mol. The van der Waals surface area contributed by atoms with Crippen LogP contribution in [0.5, 0.6) is 0 Å². The van der Waals surface area contributed by atoms with Crippen molar-refractivity contribution >= 4 is 29.2 Å². The van der Waals surface area contributed by atoms with Crippen LogP contribution < -0.4 is 5.32 Å². The molecule has 2 aromatic carbocycles. The highest BCUT2D eigenvalue weighted by Gasteiger charge is 2.47. The van der Waals surface area contributed by atoms with Gasteiger partial charge in [-0.3, -0.25) is 29.4 Å². The molecule has 4 fully saturated rings. The molecule has 5 aliphatic heterocycles. The summed E-state index contributed by atoms with van der Waals surface area (Å²) in [4.78, 5) is 56.1. The Balaban J connectivity index is 1.05. The molecule has 44 heavy (non-hydrogen) atoms. The maximum absolute atomic E-state index is 15.3. The van der Waals surface area contributed by atoms with E-state index in [9.17, 15) is 23.6 Å². The maximum Gasteiger partial charge on any atom is 0.256 e. The fourth-order valence-corrected chi connectivity index (χ4v) is 7.72. The standard InChI is InChI=1S/C34H36F2N4O4/c1-34(2)10-9-20(27(14-34)19-3-5-22(35)6-4-19)15-39-23-12-24(39)18-38(17-23)32(43)26-11-21-16-40(33(44)25(21)13-28(26)36)29-7-8-30(41)37-31(29)42/h3-6,11,13,23-24,29H,7-10,12,14-18H2,1-2H3,(H,37,41,42). The van der Waals surface area contributed by atoms with Crippen molar-refractivity contribution in [2.45, 2.75) is 77.0 Å². The summed E-state index contributed by atoms with van der Waals surface area (Å²) in [6, 6.07) is 8.89. The lowest BCUT2D eigenvalue weighted by atomic mass is 9.72. The van der Waals surface area contributed by atoms with Gasteiger partial charge >= 0.3 is 0 Å². The number of imide groups is 1. The average Bonchev–Trinajstić information content (AvgIpc) is 3.30. The maximum atomic E-state index is 15.3. The summed E-state index contributed by atoms with van der Waals surface area (Å²) in [6.45, 7) is 6.44. The van der Waals surface area contributed by atoms with Crippen LogP contribution in [0.3, 0.4) is 0 Å². The lowest BCUT2D eigenvalue weighted by molar-refractivity contribution is -0.136. The van der Waals surface area contributed by atoms with Crippen LogP contribution in [0.1, 0.15) is 84.2 Å². The third-order valence-corrected chi connectivity index (χ3v) is 10.2. The van der Waals surface area contributed by atoms with Crippen LogP contribution in [0.25, 0.3) is 5.57 Å². The number of hydrogen-bond acceptors (Lipinski definition) is 5. The summed E-state index contributed by atoms with van der Waals surface area (Å²) >= 11 is 0. The number of nitrogens with one attached hydrogen (secondary N) is 1. The number of piperazine rings is 1. The van der Waals surface area contributed by atoms with E-state index in [1.807, 2.05) is 12.1 Å². The number of allylic oxidation sites excluding steroid dienone is 1. The molecule has 1 aliphatic carbocycles. The second-order valence-corrected chi connectivity index (χ2v) is 13.7. The molecule has 2 aromatic rings. The first kappa shape index (κ1) is 28.8. The van der Waals surface area contributed by atoms with E-state index in [0.717, 1.165) is 43.9 Å². The van der Waals surface area contributed by atoms with E-state index in [0.29, 0.717) is 18.7 Å². The van der Waals surface area contributed by atoms with Crippen molar-refractivity contribution in [1.82, 2.24) is 20.0 Å². The molecule has 0 spiro atoms. The van der Waals surface area contributed by atoms with Crippen molar-refractivity contribution in [2.24, 2.45) is 5.41 Å². The van der Waals surface area contributed by atoms with E-state index in [2.05, 4.69) is 24.1 Å². The van der Waals surface area contributed by atoms with Crippen LogP contribution in [0.2, 0.25) is 0 Å². The Morgan fingerprint density at radius 2 is 1.75 bits per heavy atom. The molecule has 0 saturated carbocycles. The number of piperidine rings is 2. The number of hydrogen-bond donors (Lipinski definition) is 1. The topological polar surface area (TPSA) is 90.0 Å². The third-order valence-electron chi connectivity index (χ3n) is 10.2. The van der Waals surface area contributed by atoms with Gasteiger partial charge in [0.25, 0.3) is 11.8 Å². The van der Waals surface area contributed by atoms with E-state index in [-0.39, 0.29) is 59.7 Å². The first-order valence-electron chi connectivity index (χ1n) is 15.5. The van der Waals surface area contributed by atoms with Crippen molar-refractivity contribution in [2.75, 3.05) is 19.6 Å². The van der Waals surface area contributed by atoms with E-state index in [1.54, 1.807) is 4.90 Å². The first-order valence-corrected chi connectivity index (χ1v) is 15.5. The summed E-state index contributed by atoms with van der Waals surface area (Å²) in [7, 11) is 0. The molecule has 3 unspecified atom stereocenters. The van der Waals surface area contributed by atoms with Crippen molar-refractivity contribution in [1.29, 1.82) is 0 Å². The van der Waals surface area contributed by atoms with Gasteiger partial charge in [-0.05, 0) is 78.5 Å². The second kappa shape index (κ2) is 10.6. The summed E-state index contributed by atoms with van der Waals surface area (Å²) in [5.41, 5.74) is 4.50. The van der Waals surface area contributed by atoms with Gasteiger partial charge in [0.05, 0.1) is 5.56 Å². The zero-order chi connectivity index (χ0) is 30.9. The minimum absolute atomic E-state index is 0.0645. The smallest absolute Gasteiger partial charge is 0.256 e. The molecule has 4 saturated heterocycles. The minimum Gasteiger partial charge on any atom is -0.335 e. The number of rotatable bonds is 5. The molecular weight excluding hydrogens is 566 g/mol. The van der Waals surface area contributed by atoms with Crippen LogP contribution >= 0.6 is 0 Å². The Bertz CT molecular complexity index is 1610. The van der Waals surface area contributed by atoms with Crippen LogP contribution in [0.4, 0.5) is 8.78 Å². The zero-order valence-electron chi connectivity index (χ0n) is 25.0. The molecule has 10 heteroatoms. The Kier molecular flexibility index (Phi) is 6.95. The number of nitrogens with zero attached hydrogens (tertiary/aromatic N) is 3. The van der Waals surface area contributed by atoms with Crippen LogP contribution in [-0.2, 0) is 16.1 Å². The van der Waals surface area contributed by atoms with E-state index >= 15 is 4.39 Å². The lowest BCUT2D eigenvalue weighted by Crippen LogP contribution is -2.69. The normalized spacial score (nSPS) is 26.5. The predicted molar refractivity (Wildman–Crippen MR) is 158 cm³/mol. The summed E-state index contributed by atoms with van der Waals surface area (Å²) in [5.74, 6) is -2.76. The Morgan fingerprint density at radius 1 is 1.02 bits per heavy atom. The highest BCUT2D eigenvalue weighted by atomic mass is 19.1. The molecule has 3 atom stereocenters. The minimum atomic E-state index is -0.802. The molecule has 6 aliphatic rings. The largest absolute Gasteiger partial charge is 0.335 e. The fourth-order valence-electron chi connectivity index (χ4n) is 7.72. The van der Waals surface area contributed by atoms with Crippen molar-refractivity contribution < 1.29 is 28.0 Å². The van der Waals surface area contributed by atoms with Crippen molar-refractivity contribution in [3.63, 3.8) is 0 Å². The first-order chi connectivity index (χ1) is 21.0. The molecule has 2 bridgehead atoms. The molecule has 8 nitrogen and oxygen atoms in total. The Morgan fingerprint density at radius 3 is 2.45 bits per heavy atom. The van der Waals surface area contributed by atoms with Gasteiger partial charge in [0.15, 0.2) is 0 Å². The molecule has 4 amide bonds. The molecule has 230 valence electrons. The van der Waals surface area contributed by atoms with Gasteiger partial charge in [0.1, 0.15) is 17.7 Å². The molecule has 8 rings (SSSR count). The van der Waals surface area contributed by atoms with E-state index in [1.165, 1.54) is 34.2 Å². The van der Waals surface area contributed by atoms with E-state index < -0.39 is 29.6 Å². The van der Waals surface area contributed by atoms with E-state index in [4.69, 9.17) is 0 Å². The van der Waals surface area contributed by atoms with Crippen LogP contribution in [0.15, 0.2) is 42.0 Å². The molecule has 0 aromatic heterocycles. The van der Waals surface area contributed by atoms with Gasteiger partial charge < -0.3 is 9.80 Å². The third kappa shape index (κ3) is 5.02. The lowest BCUT2D eigenvalue weighted by Gasteiger charge is -2.57. The number of carbonyl (C=O) groups is 4. The highest BCUT2D eigenvalue weighted by Crippen LogP contribution is 2.45. The molecule has 5 heterocycles.